The van der Waals surface area contributed by atoms with Gasteiger partial charge in [-0.1, -0.05) is 11.6 Å². The second kappa shape index (κ2) is 7.56. The van der Waals surface area contributed by atoms with Crippen LogP contribution in [0.2, 0.25) is 5.02 Å². The highest BCUT2D eigenvalue weighted by molar-refractivity contribution is 6.32. The monoisotopic (exact) mass is 302 g/mol. The molecular weight excluding hydrogens is 288 g/mol. The van der Waals surface area contributed by atoms with Crippen molar-refractivity contribution in [1.29, 1.82) is 0 Å². The number of anilines is 1. The molecule has 0 saturated heterocycles. The topological polar surface area (TPSA) is 108 Å². The third-order valence-electron chi connectivity index (χ3n) is 2.40. The fraction of sp³-hybridized carbons (Fsp3) is 0.333. The van der Waals surface area contributed by atoms with Gasteiger partial charge in [-0.25, -0.2) is 9.59 Å². The highest BCUT2D eigenvalue weighted by Gasteiger charge is 2.13. The first-order chi connectivity index (χ1) is 9.43. The molecule has 7 nitrogen and oxygen atoms in total. The molecule has 0 aliphatic rings. The van der Waals surface area contributed by atoms with Gasteiger partial charge in [0.25, 0.3) is 0 Å². The number of ether oxygens (including phenoxy) is 1. The molecule has 0 unspecified atom stereocenters. The van der Waals surface area contributed by atoms with Gasteiger partial charge in [0.1, 0.15) is 5.75 Å². The summed E-state index contributed by atoms with van der Waals surface area (Å²) in [7, 11) is 1.48. The standard InChI is InChI=1S/C12H15ClN2O5/c1-20-10-3-2-7(6-8(10)13)15-12(19)14-5-4-9(16)11(17)18/h2-3,6,9,16H,4-5H2,1H3,(H,17,18)(H2,14,15,19)/t9-/m0/s1. The number of benzene rings is 1. The molecule has 0 saturated carbocycles. The fourth-order valence-corrected chi connectivity index (χ4v) is 1.62. The summed E-state index contributed by atoms with van der Waals surface area (Å²) in [5, 5.41) is 22.8. The number of aliphatic carboxylic acids is 1. The lowest BCUT2D eigenvalue weighted by atomic mass is 10.2. The highest BCUT2D eigenvalue weighted by atomic mass is 35.5. The van der Waals surface area contributed by atoms with Crippen LogP contribution in [-0.2, 0) is 4.79 Å². The number of halogens is 1. The van der Waals surface area contributed by atoms with E-state index in [0.717, 1.165) is 0 Å². The lowest BCUT2D eigenvalue weighted by Gasteiger charge is -2.10. The van der Waals surface area contributed by atoms with Gasteiger partial charge < -0.3 is 25.6 Å². The maximum Gasteiger partial charge on any atom is 0.332 e. The highest BCUT2D eigenvalue weighted by Crippen LogP contribution is 2.26. The van der Waals surface area contributed by atoms with Gasteiger partial charge in [0.2, 0.25) is 0 Å². The van der Waals surface area contributed by atoms with Gasteiger partial charge in [-0.05, 0) is 18.2 Å². The molecule has 8 heteroatoms. The number of hydrogen-bond acceptors (Lipinski definition) is 4. The van der Waals surface area contributed by atoms with Crippen LogP contribution in [-0.4, -0.2) is 42.0 Å². The van der Waals surface area contributed by atoms with E-state index < -0.39 is 18.1 Å². The van der Waals surface area contributed by atoms with Gasteiger partial charge in [0, 0.05) is 18.7 Å². The van der Waals surface area contributed by atoms with Crippen molar-refractivity contribution in [2.24, 2.45) is 0 Å². The summed E-state index contributed by atoms with van der Waals surface area (Å²) < 4.78 is 4.97. The minimum atomic E-state index is -1.49. The Bertz CT molecular complexity index is 495. The predicted octanol–water partition coefficient (Wildman–Crippen LogP) is 1.31. The summed E-state index contributed by atoms with van der Waals surface area (Å²) in [6.07, 6.45) is -1.57. The Balaban J connectivity index is 2.43. The number of nitrogens with one attached hydrogen (secondary N) is 2. The average Bonchev–Trinajstić information content (AvgIpc) is 2.38. The van der Waals surface area contributed by atoms with Crippen molar-refractivity contribution >= 4 is 29.3 Å². The van der Waals surface area contributed by atoms with Crippen molar-refractivity contribution in [2.45, 2.75) is 12.5 Å². The number of amides is 2. The van der Waals surface area contributed by atoms with Crippen LogP contribution in [0.4, 0.5) is 10.5 Å². The quantitative estimate of drug-likeness (QED) is 0.633. The first-order valence-electron chi connectivity index (χ1n) is 5.73. The van der Waals surface area contributed by atoms with E-state index in [9.17, 15) is 9.59 Å². The maximum absolute atomic E-state index is 11.5. The molecule has 2 amide bonds. The molecule has 1 aromatic rings. The van der Waals surface area contributed by atoms with Crippen molar-refractivity contribution < 1.29 is 24.5 Å². The summed E-state index contributed by atoms with van der Waals surface area (Å²) in [6.45, 7) is 0.0309. The molecule has 110 valence electrons. The summed E-state index contributed by atoms with van der Waals surface area (Å²) in [5.41, 5.74) is 0.465. The van der Waals surface area contributed by atoms with Gasteiger partial charge in [-0.2, -0.15) is 0 Å². The van der Waals surface area contributed by atoms with E-state index >= 15 is 0 Å². The summed E-state index contributed by atoms with van der Waals surface area (Å²) in [6, 6.07) is 4.21. The van der Waals surface area contributed by atoms with Crippen molar-refractivity contribution in [2.75, 3.05) is 19.0 Å². The zero-order chi connectivity index (χ0) is 15.1. The summed E-state index contributed by atoms with van der Waals surface area (Å²) >= 11 is 5.90. The number of urea groups is 1. The van der Waals surface area contributed by atoms with Crippen molar-refractivity contribution in [3.8, 4) is 5.75 Å². The molecule has 0 bridgehead atoms. The zero-order valence-electron chi connectivity index (χ0n) is 10.7. The number of methoxy groups -OCH3 is 1. The second-order valence-corrected chi connectivity index (χ2v) is 4.28. The number of carbonyl (C=O) groups is 2. The number of aliphatic hydroxyl groups excluding tert-OH is 1. The van der Waals surface area contributed by atoms with E-state index in [1.165, 1.54) is 13.2 Å². The SMILES string of the molecule is COc1ccc(NC(=O)NCC[C@H](O)C(=O)O)cc1Cl. The Hall–Kier alpha value is -1.99. The Kier molecular flexibility index (Phi) is 6.08. The van der Waals surface area contributed by atoms with Gasteiger partial charge in [0.15, 0.2) is 6.10 Å². The number of carboxylic acids is 1. The van der Waals surface area contributed by atoms with Crippen molar-refractivity contribution in [3.05, 3.63) is 23.2 Å². The zero-order valence-corrected chi connectivity index (χ0v) is 11.5. The normalized spacial score (nSPS) is 11.6. The lowest BCUT2D eigenvalue weighted by Crippen LogP contribution is -2.33. The first-order valence-corrected chi connectivity index (χ1v) is 6.11. The van der Waals surface area contributed by atoms with Crippen LogP contribution in [0.25, 0.3) is 0 Å². The molecule has 0 aliphatic heterocycles. The Morgan fingerprint density at radius 2 is 2.15 bits per heavy atom. The molecule has 20 heavy (non-hydrogen) atoms. The molecule has 0 aliphatic carbocycles. The Morgan fingerprint density at radius 1 is 1.45 bits per heavy atom. The predicted molar refractivity (Wildman–Crippen MR) is 73.3 cm³/mol. The molecule has 0 aromatic heterocycles. The van der Waals surface area contributed by atoms with Crippen LogP contribution < -0.4 is 15.4 Å². The number of aliphatic hydroxyl groups is 1. The van der Waals surface area contributed by atoms with Crippen LogP contribution in [0.1, 0.15) is 6.42 Å². The van der Waals surface area contributed by atoms with E-state index in [1.54, 1.807) is 12.1 Å². The smallest absolute Gasteiger partial charge is 0.332 e. The third-order valence-corrected chi connectivity index (χ3v) is 2.69. The van der Waals surface area contributed by atoms with E-state index in [1.807, 2.05) is 0 Å². The molecule has 0 radical (unpaired) electrons. The molecule has 1 atom stereocenters. The van der Waals surface area contributed by atoms with E-state index in [-0.39, 0.29) is 13.0 Å². The minimum Gasteiger partial charge on any atom is -0.495 e. The Labute approximate surface area is 120 Å². The summed E-state index contributed by atoms with van der Waals surface area (Å²) in [4.78, 5) is 21.9. The second-order valence-electron chi connectivity index (χ2n) is 3.87. The Morgan fingerprint density at radius 3 is 2.70 bits per heavy atom. The molecule has 4 N–H and O–H groups in total. The van der Waals surface area contributed by atoms with E-state index in [0.29, 0.717) is 16.5 Å². The van der Waals surface area contributed by atoms with Crippen LogP contribution >= 0.6 is 11.6 Å². The third kappa shape index (κ3) is 4.94. The van der Waals surface area contributed by atoms with Crippen LogP contribution in [0.5, 0.6) is 5.75 Å². The van der Waals surface area contributed by atoms with Gasteiger partial charge in [0.05, 0.1) is 12.1 Å². The molecular formula is C12H15ClN2O5. The van der Waals surface area contributed by atoms with Crippen LogP contribution in [0, 0.1) is 0 Å². The van der Waals surface area contributed by atoms with Gasteiger partial charge >= 0.3 is 12.0 Å². The van der Waals surface area contributed by atoms with E-state index in [4.69, 9.17) is 26.6 Å². The molecule has 0 heterocycles. The van der Waals surface area contributed by atoms with Gasteiger partial charge in [-0.3, -0.25) is 0 Å². The summed E-state index contributed by atoms with van der Waals surface area (Å²) in [5.74, 6) is -0.837. The maximum atomic E-state index is 11.5. The minimum absolute atomic E-state index is 0.0309. The number of hydrogen-bond donors (Lipinski definition) is 4. The van der Waals surface area contributed by atoms with E-state index in [2.05, 4.69) is 10.6 Å². The van der Waals surface area contributed by atoms with Crippen LogP contribution in [0.3, 0.4) is 0 Å². The van der Waals surface area contributed by atoms with Crippen molar-refractivity contribution in [1.82, 2.24) is 5.32 Å². The fourth-order valence-electron chi connectivity index (χ4n) is 1.37. The van der Waals surface area contributed by atoms with Crippen LogP contribution in [0.15, 0.2) is 18.2 Å². The molecule has 1 aromatic carbocycles. The molecule has 1 rings (SSSR count). The average molecular weight is 303 g/mol. The van der Waals surface area contributed by atoms with Crippen molar-refractivity contribution in [3.63, 3.8) is 0 Å². The molecule has 0 fully saturated rings. The molecule has 0 spiro atoms. The first kappa shape index (κ1) is 16.1. The largest absolute Gasteiger partial charge is 0.495 e. The number of rotatable bonds is 6. The van der Waals surface area contributed by atoms with Gasteiger partial charge in [-0.15, -0.1) is 0 Å². The number of carbonyl (C=O) groups excluding carboxylic acids is 1. The lowest BCUT2D eigenvalue weighted by molar-refractivity contribution is -0.146. The number of carboxylic acid groups (broad SMARTS) is 1.